The van der Waals surface area contributed by atoms with Crippen LogP contribution in [-0.2, 0) is 31.9 Å². The van der Waals surface area contributed by atoms with Crippen LogP contribution in [0.5, 0.6) is 17.2 Å². The summed E-state index contributed by atoms with van der Waals surface area (Å²) in [6.45, 7) is 7.73. The summed E-state index contributed by atoms with van der Waals surface area (Å²) in [6.07, 6.45) is 5.92. The Bertz CT molecular complexity index is 1610. The topological polar surface area (TPSA) is 119 Å². The van der Waals surface area contributed by atoms with Crippen LogP contribution in [0.4, 0.5) is 0 Å². The minimum absolute atomic E-state index is 0.00291. The van der Waals surface area contributed by atoms with E-state index in [0.717, 1.165) is 16.7 Å². The summed E-state index contributed by atoms with van der Waals surface area (Å²) in [5, 5.41) is 22.1. The molecule has 2 aromatic rings. The van der Waals surface area contributed by atoms with Gasteiger partial charge in [-0.2, -0.15) is 0 Å². The molecule has 0 radical (unpaired) electrons. The number of Topliss-reactive ketones (excluding diaryl/α,β-unsaturated/α-hetero) is 2. The van der Waals surface area contributed by atoms with Gasteiger partial charge >= 0.3 is 5.97 Å². The summed E-state index contributed by atoms with van der Waals surface area (Å²) in [5.41, 5.74) is 0.275. The Morgan fingerprint density at radius 1 is 1.07 bits per heavy atom. The highest BCUT2D eigenvalue weighted by Gasteiger charge is 2.79. The van der Waals surface area contributed by atoms with Crippen LogP contribution in [0.3, 0.4) is 0 Å². The molecule has 2 aromatic carbocycles. The minimum atomic E-state index is -1.51. The molecule has 4 bridgehead atoms. The van der Waals surface area contributed by atoms with Gasteiger partial charge in [-0.15, -0.1) is 0 Å². The fourth-order valence-electron chi connectivity index (χ4n) is 7.20. The van der Waals surface area contributed by atoms with E-state index in [1.54, 1.807) is 6.08 Å². The van der Waals surface area contributed by atoms with Crippen LogP contribution < -0.4 is 4.74 Å². The molecule has 2 heterocycles. The molecule has 3 aliphatic carbocycles. The van der Waals surface area contributed by atoms with Gasteiger partial charge < -0.3 is 24.4 Å². The number of phenolic OH excluding ortho intramolecular Hbond substituents is 2. The highest BCUT2D eigenvalue weighted by Crippen LogP contribution is 2.65. The first kappa shape index (κ1) is 28.9. The van der Waals surface area contributed by atoms with Crippen molar-refractivity contribution in [2.45, 2.75) is 58.2 Å². The predicted molar refractivity (Wildman–Crippen MR) is 158 cm³/mol. The minimum Gasteiger partial charge on any atom is -0.507 e. The molecular weight excluding hydrogens is 548 g/mol. The molecule has 1 saturated heterocycles. The molecule has 2 N–H and O–H groups in total. The molecule has 0 aromatic heterocycles. The number of ketones is 2. The molecule has 7 rings (SSSR count). The van der Waals surface area contributed by atoms with Gasteiger partial charge in [0, 0.05) is 41.4 Å². The molecular formula is C35H36O8. The lowest BCUT2D eigenvalue weighted by Crippen LogP contribution is -2.74. The van der Waals surface area contributed by atoms with Gasteiger partial charge in [-0.3, -0.25) is 14.4 Å². The van der Waals surface area contributed by atoms with Crippen molar-refractivity contribution >= 4 is 17.5 Å². The van der Waals surface area contributed by atoms with E-state index >= 15 is 0 Å². The molecule has 1 spiro atoms. The largest absolute Gasteiger partial charge is 0.507 e. The standard InChI is InChI=1S/C35H36O8/c1-19(2)10-11-22-27(36)16-28-30(31(22)38)32(39)25-15-23-24(17-41-29(37)14-21-8-6-5-7-9-21)26-18-42-34(33(23)40,13-12-20(3)4)35(25,26)43-28/h5-10,12,15-16,23-24,26,36,38H,11,13-14,17-18H2,1-4H3/t23-,24+,26-,34?,35-/m1/s1. The summed E-state index contributed by atoms with van der Waals surface area (Å²) < 4.78 is 18.8. The van der Waals surface area contributed by atoms with E-state index in [4.69, 9.17) is 14.2 Å². The third-order valence-corrected chi connectivity index (χ3v) is 9.29. The van der Waals surface area contributed by atoms with Gasteiger partial charge in [0.25, 0.3) is 0 Å². The average Bonchev–Trinajstić information content (AvgIpc) is 3.23. The monoisotopic (exact) mass is 584 g/mol. The van der Waals surface area contributed by atoms with E-state index < -0.39 is 40.7 Å². The molecule has 1 unspecified atom stereocenters. The summed E-state index contributed by atoms with van der Waals surface area (Å²) in [4.78, 5) is 41.3. The van der Waals surface area contributed by atoms with E-state index in [-0.39, 0.29) is 72.2 Å². The van der Waals surface area contributed by atoms with Crippen LogP contribution in [0.2, 0.25) is 0 Å². The lowest BCUT2D eigenvalue weighted by molar-refractivity contribution is -0.174. The molecule has 8 heteroatoms. The van der Waals surface area contributed by atoms with Crippen LogP contribution >= 0.6 is 0 Å². The number of ether oxygens (including phenoxy) is 3. The van der Waals surface area contributed by atoms with E-state index in [2.05, 4.69) is 0 Å². The summed E-state index contributed by atoms with van der Waals surface area (Å²) in [5.74, 6) is -3.34. The van der Waals surface area contributed by atoms with Gasteiger partial charge in [-0.25, -0.2) is 0 Å². The second-order valence-corrected chi connectivity index (χ2v) is 12.5. The van der Waals surface area contributed by atoms with Crippen LogP contribution in [0.1, 0.15) is 55.6 Å². The molecule has 43 heavy (non-hydrogen) atoms. The molecule has 5 aliphatic rings. The lowest BCUT2D eigenvalue weighted by Gasteiger charge is -2.58. The summed E-state index contributed by atoms with van der Waals surface area (Å²) in [7, 11) is 0. The van der Waals surface area contributed by atoms with Crippen molar-refractivity contribution in [2.24, 2.45) is 17.8 Å². The zero-order chi connectivity index (χ0) is 30.7. The molecule has 1 saturated carbocycles. The molecule has 2 fully saturated rings. The number of aromatic hydroxyl groups is 2. The first-order valence-electron chi connectivity index (χ1n) is 14.7. The number of hydrogen-bond donors (Lipinski definition) is 2. The van der Waals surface area contributed by atoms with Crippen LogP contribution in [-0.4, -0.2) is 52.2 Å². The van der Waals surface area contributed by atoms with Crippen molar-refractivity contribution in [3.63, 3.8) is 0 Å². The maximum Gasteiger partial charge on any atom is 0.310 e. The predicted octanol–water partition coefficient (Wildman–Crippen LogP) is 5.20. The van der Waals surface area contributed by atoms with Gasteiger partial charge in [0.1, 0.15) is 22.8 Å². The molecule has 8 nitrogen and oxygen atoms in total. The van der Waals surface area contributed by atoms with Gasteiger partial charge in [0.15, 0.2) is 22.8 Å². The van der Waals surface area contributed by atoms with Crippen molar-refractivity contribution in [2.75, 3.05) is 13.2 Å². The van der Waals surface area contributed by atoms with Gasteiger partial charge in [0.2, 0.25) is 0 Å². The fraction of sp³-hybridized carbons (Fsp3) is 0.400. The number of fused-ring (bicyclic) bond motifs is 1. The normalized spacial score (nSPS) is 27.9. The Kier molecular flexibility index (Phi) is 7.08. The second-order valence-electron chi connectivity index (χ2n) is 12.5. The number of carbonyl (C=O) groups is 3. The molecule has 224 valence electrons. The van der Waals surface area contributed by atoms with E-state index in [1.165, 1.54) is 6.07 Å². The van der Waals surface area contributed by atoms with Gasteiger partial charge in [-0.05, 0) is 39.7 Å². The van der Waals surface area contributed by atoms with E-state index in [1.807, 2.05) is 70.2 Å². The Balaban J connectivity index is 1.41. The van der Waals surface area contributed by atoms with Crippen molar-refractivity contribution in [3.8, 4) is 17.2 Å². The van der Waals surface area contributed by atoms with Crippen LogP contribution in [0.15, 0.2) is 71.3 Å². The van der Waals surface area contributed by atoms with Gasteiger partial charge in [-0.1, -0.05) is 59.7 Å². The smallest absolute Gasteiger partial charge is 0.310 e. The zero-order valence-corrected chi connectivity index (χ0v) is 24.8. The number of allylic oxidation sites excluding steroid dienone is 4. The van der Waals surface area contributed by atoms with Crippen LogP contribution in [0.25, 0.3) is 0 Å². The maximum atomic E-state index is 14.3. The number of hydrogen-bond acceptors (Lipinski definition) is 8. The SMILES string of the molecule is CC(C)=CCc1c(O)cc2c(c1O)C(=O)C1=C[C@H]3C(=O)C4(CC=C(C)C)OC[C@H]([C@H]3COC(=O)Cc3ccccc3)[C@]14O2. The lowest BCUT2D eigenvalue weighted by atomic mass is 9.49. The number of benzene rings is 2. The summed E-state index contributed by atoms with van der Waals surface area (Å²) >= 11 is 0. The number of carbonyl (C=O) groups excluding carboxylic acids is 3. The highest BCUT2D eigenvalue weighted by atomic mass is 16.6. The Morgan fingerprint density at radius 2 is 1.79 bits per heavy atom. The van der Waals surface area contributed by atoms with E-state index in [9.17, 15) is 24.6 Å². The third kappa shape index (κ3) is 4.34. The second kappa shape index (κ2) is 10.5. The molecule has 2 aliphatic heterocycles. The summed E-state index contributed by atoms with van der Waals surface area (Å²) in [6, 6.07) is 10.6. The Labute approximate surface area is 250 Å². The number of esters is 1. The first-order valence-corrected chi connectivity index (χ1v) is 14.7. The third-order valence-electron chi connectivity index (χ3n) is 9.29. The van der Waals surface area contributed by atoms with Crippen molar-refractivity contribution < 1.29 is 38.8 Å². The number of rotatable bonds is 8. The quantitative estimate of drug-likeness (QED) is 0.321. The van der Waals surface area contributed by atoms with Crippen molar-refractivity contribution in [3.05, 3.63) is 88.0 Å². The van der Waals surface area contributed by atoms with Crippen molar-refractivity contribution in [1.29, 1.82) is 0 Å². The first-order chi connectivity index (χ1) is 20.5. The van der Waals surface area contributed by atoms with E-state index in [0.29, 0.717) is 0 Å². The molecule has 0 amide bonds. The maximum absolute atomic E-state index is 14.3. The fourth-order valence-corrected chi connectivity index (χ4v) is 7.20. The molecule has 5 atom stereocenters. The Morgan fingerprint density at radius 3 is 2.49 bits per heavy atom. The highest BCUT2D eigenvalue weighted by molar-refractivity contribution is 6.18. The zero-order valence-electron chi connectivity index (χ0n) is 24.8. The van der Waals surface area contributed by atoms with Gasteiger partial charge in [0.05, 0.1) is 19.6 Å². The van der Waals surface area contributed by atoms with Crippen molar-refractivity contribution in [1.82, 2.24) is 0 Å². The Hall–Kier alpha value is -4.17. The average molecular weight is 585 g/mol. The number of phenols is 2. The van der Waals surface area contributed by atoms with Crippen LogP contribution in [0, 0.1) is 17.8 Å².